The summed E-state index contributed by atoms with van der Waals surface area (Å²) in [5.74, 6) is 1.84. The molecule has 0 aliphatic carbocycles. The standard InChI is InChI=1S/C16H25N3/c1-3-12(9-10-17)6-8-16-18-14-7-5-13(4-2)11-15(14)19-16/h5,7,11-12H,3-4,6,8-10,17H2,1-2H3,(H,18,19). The minimum absolute atomic E-state index is 0.726. The van der Waals surface area contributed by atoms with Crippen molar-refractivity contribution in [2.24, 2.45) is 11.7 Å². The molecule has 2 aromatic rings. The molecule has 0 aliphatic heterocycles. The SMILES string of the molecule is CCc1ccc2nc(CCC(CC)CCN)[nH]c2c1. The van der Waals surface area contributed by atoms with Crippen LogP contribution in [0.25, 0.3) is 11.0 Å². The first-order valence-corrected chi connectivity index (χ1v) is 7.44. The second-order valence-electron chi connectivity index (χ2n) is 5.28. The van der Waals surface area contributed by atoms with E-state index in [4.69, 9.17) is 5.73 Å². The van der Waals surface area contributed by atoms with Gasteiger partial charge in [-0.1, -0.05) is 26.3 Å². The summed E-state index contributed by atoms with van der Waals surface area (Å²) in [6.07, 6.45) is 5.59. The highest BCUT2D eigenvalue weighted by molar-refractivity contribution is 5.75. The van der Waals surface area contributed by atoms with Crippen LogP contribution in [0.5, 0.6) is 0 Å². The molecule has 1 aromatic heterocycles. The Morgan fingerprint density at radius 3 is 2.79 bits per heavy atom. The minimum atomic E-state index is 0.726. The van der Waals surface area contributed by atoms with Crippen molar-refractivity contribution in [2.75, 3.05) is 6.54 Å². The molecule has 3 nitrogen and oxygen atoms in total. The van der Waals surface area contributed by atoms with Gasteiger partial charge in [0.05, 0.1) is 11.0 Å². The van der Waals surface area contributed by atoms with Crippen LogP contribution in [0.2, 0.25) is 0 Å². The minimum Gasteiger partial charge on any atom is -0.342 e. The van der Waals surface area contributed by atoms with E-state index in [0.29, 0.717) is 0 Å². The number of aromatic amines is 1. The van der Waals surface area contributed by atoms with E-state index in [1.54, 1.807) is 0 Å². The van der Waals surface area contributed by atoms with Crippen LogP contribution in [0.1, 0.15) is 44.5 Å². The van der Waals surface area contributed by atoms with Crippen LogP contribution in [0.4, 0.5) is 0 Å². The Labute approximate surface area is 115 Å². The number of aryl methyl sites for hydroxylation is 2. The van der Waals surface area contributed by atoms with Crippen molar-refractivity contribution in [2.45, 2.75) is 46.0 Å². The number of hydrogen-bond donors (Lipinski definition) is 2. The summed E-state index contributed by atoms with van der Waals surface area (Å²) in [7, 11) is 0. The Bertz CT molecular complexity index is 516. The highest BCUT2D eigenvalue weighted by Gasteiger charge is 2.08. The van der Waals surface area contributed by atoms with Gasteiger partial charge in [-0.2, -0.15) is 0 Å². The Morgan fingerprint density at radius 2 is 2.11 bits per heavy atom. The molecule has 1 aromatic carbocycles. The van der Waals surface area contributed by atoms with E-state index in [0.717, 1.165) is 43.1 Å². The number of nitrogens with zero attached hydrogens (tertiary/aromatic N) is 1. The molecule has 0 amide bonds. The van der Waals surface area contributed by atoms with Gasteiger partial charge in [0.2, 0.25) is 0 Å². The fraction of sp³-hybridized carbons (Fsp3) is 0.562. The second-order valence-corrected chi connectivity index (χ2v) is 5.28. The molecule has 0 radical (unpaired) electrons. The Balaban J connectivity index is 2.04. The maximum Gasteiger partial charge on any atom is 0.107 e. The van der Waals surface area contributed by atoms with E-state index >= 15 is 0 Å². The number of H-pyrrole nitrogens is 1. The lowest BCUT2D eigenvalue weighted by molar-refractivity contribution is 0.440. The highest BCUT2D eigenvalue weighted by atomic mass is 14.9. The summed E-state index contributed by atoms with van der Waals surface area (Å²) in [5.41, 5.74) is 9.25. The van der Waals surface area contributed by atoms with Gasteiger partial charge < -0.3 is 10.7 Å². The van der Waals surface area contributed by atoms with Crippen LogP contribution in [0, 0.1) is 5.92 Å². The summed E-state index contributed by atoms with van der Waals surface area (Å²) in [6.45, 7) is 5.21. The van der Waals surface area contributed by atoms with Crippen LogP contribution in [-0.4, -0.2) is 16.5 Å². The van der Waals surface area contributed by atoms with Gasteiger partial charge in [-0.25, -0.2) is 4.98 Å². The first-order chi connectivity index (χ1) is 9.26. The molecule has 1 heterocycles. The van der Waals surface area contributed by atoms with Crippen molar-refractivity contribution < 1.29 is 0 Å². The van der Waals surface area contributed by atoms with Gasteiger partial charge in [0.1, 0.15) is 5.82 Å². The van der Waals surface area contributed by atoms with Crippen LogP contribution in [0.15, 0.2) is 18.2 Å². The number of aromatic nitrogens is 2. The third-order valence-electron chi connectivity index (χ3n) is 3.95. The zero-order valence-corrected chi connectivity index (χ0v) is 12.1. The van der Waals surface area contributed by atoms with Crippen molar-refractivity contribution >= 4 is 11.0 Å². The molecule has 0 saturated carbocycles. The van der Waals surface area contributed by atoms with Crippen LogP contribution in [0.3, 0.4) is 0 Å². The highest BCUT2D eigenvalue weighted by Crippen LogP contribution is 2.18. The van der Waals surface area contributed by atoms with E-state index in [1.165, 1.54) is 23.9 Å². The zero-order valence-electron chi connectivity index (χ0n) is 12.1. The van der Waals surface area contributed by atoms with Gasteiger partial charge in [0, 0.05) is 6.42 Å². The number of rotatable bonds is 7. The molecule has 2 rings (SSSR count). The quantitative estimate of drug-likeness (QED) is 0.800. The number of benzene rings is 1. The zero-order chi connectivity index (χ0) is 13.7. The summed E-state index contributed by atoms with van der Waals surface area (Å²) >= 11 is 0. The van der Waals surface area contributed by atoms with E-state index in [-0.39, 0.29) is 0 Å². The summed E-state index contributed by atoms with van der Waals surface area (Å²) in [6, 6.07) is 6.49. The van der Waals surface area contributed by atoms with Crippen LogP contribution in [-0.2, 0) is 12.8 Å². The topological polar surface area (TPSA) is 54.7 Å². The van der Waals surface area contributed by atoms with E-state index in [2.05, 4.69) is 42.0 Å². The predicted octanol–water partition coefficient (Wildman–Crippen LogP) is 3.43. The maximum atomic E-state index is 5.64. The molecule has 3 N–H and O–H groups in total. The van der Waals surface area contributed by atoms with E-state index in [1.807, 2.05) is 0 Å². The lowest BCUT2D eigenvalue weighted by Crippen LogP contribution is -2.09. The van der Waals surface area contributed by atoms with Crippen molar-refractivity contribution in [1.29, 1.82) is 0 Å². The molecule has 1 unspecified atom stereocenters. The molecule has 19 heavy (non-hydrogen) atoms. The molecular weight excluding hydrogens is 234 g/mol. The number of fused-ring (bicyclic) bond motifs is 1. The molecule has 3 heteroatoms. The Morgan fingerprint density at radius 1 is 1.26 bits per heavy atom. The average Bonchev–Trinajstić information content (AvgIpc) is 2.84. The van der Waals surface area contributed by atoms with Gasteiger partial charge in [0.15, 0.2) is 0 Å². The number of imidazole rings is 1. The molecular formula is C16H25N3. The predicted molar refractivity (Wildman–Crippen MR) is 81.2 cm³/mol. The molecule has 0 spiro atoms. The number of nitrogens with two attached hydrogens (primary N) is 1. The van der Waals surface area contributed by atoms with Crippen molar-refractivity contribution in [3.63, 3.8) is 0 Å². The second kappa shape index (κ2) is 6.71. The molecule has 1 atom stereocenters. The number of nitrogens with one attached hydrogen (secondary N) is 1. The lowest BCUT2D eigenvalue weighted by Gasteiger charge is -2.11. The summed E-state index contributed by atoms with van der Waals surface area (Å²) < 4.78 is 0. The Kier molecular flexibility index (Phi) is 4.97. The smallest absolute Gasteiger partial charge is 0.107 e. The van der Waals surface area contributed by atoms with E-state index < -0.39 is 0 Å². The third kappa shape index (κ3) is 3.57. The summed E-state index contributed by atoms with van der Waals surface area (Å²) in [4.78, 5) is 8.12. The van der Waals surface area contributed by atoms with Crippen LogP contribution >= 0.6 is 0 Å². The van der Waals surface area contributed by atoms with Gasteiger partial charge in [0.25, 0.3) is 0 Å². The molecule has 0 fully saturated rings. The van der Waals surface area contributed by atoms with Gasteiger partial charge >= 0.3 is 0 Å². The third-order valence-corrected chi connectivity index (χ3v) is 3.95. The normalized spacial score (nSPS) is 13.0. The van der Waals surface area contributed by atoms with Crippen molar-refractivity contribution in [3.05, 3.63) is 29.6 Å². The lowest BCUT2D eigenvalue weighted by atomic mass is 9.96. The fourth-order valence-electron chi connectivity index (χ4n) is 2.58. The Hall–Kier alpha value is -1.35. The first kappa shape index (κ1) is 14.1. The largest absolute Gasteiger partial charge is 0.342 e. The van der Waals surface area contributed by atoms with E-state index in [9.17, 15) is 0 Å². The number of hydrogen-bond acceptors (Lipinski definition) is 2. The maximum absolute atomic E-state index is 5.64. The first-order valence-electron chi connectivity index (χ1n) is 7.44. The van der Waals surface area contributed by atoms with Gasteiger partial charge in [-0.3, -0.25) is 0 Å². The molecule has 0 saturated heterocycles. The van der Waals surface area contributed by atoms with Crippen LogP contribution < -0.4 is 5.73 Å². The summed E-state index contributed by atoms with van der Waals surface area (Å²) in [5, 5.41) is 0. The van der Waals surface area contributed by atoms with Gasteiger partial charge in [-0.15, -0.1) is 0 Å². The van der Waals surface area contributed by atoms with Gasteiger partial charge in [-0.05, 0) is 49.4 Å². The molecule has 0 aliphatic rings. The fourth-order valence-corrected chi connectivity index (χ4v) is 2.58. The van der Waals surface area contributed by atoms with Crippen molar-refractivity contribution in [3.8, 4) is 0 Å². The molecule has 104 valence electrons. The molecule has 0 bridgehead atoms. The van der Waals surface area contributed by atoms with Crippen molar-refractivity contribution in [1.82, 2.24) is 9.97 Å². The average molecular weight is 259 g/mol. The monoisotopic (exact) mass is 259 g/mol.